The molecule has 1 aliphatic carbocycles. The van der Waals surface area contributed by atoms with E-state index in [0.29, 0.717) is 31.7 Å². The van der Waals surface area contributed by atoms with Gasteiger partial charge in [0.15, 0.2) is 0 Å². The van der Waals surface area contributed by atoms with E-state index in [0.717, 1.165) is 24.8 Å². The fourth-order valence-corrected chi connectivity index (χ4v) is 3.67. The van der Waals surface area contributed by atoms with Gasteiger partial charge in [0.05, 0.1) is 25.8 Å². The molecular formula is C19H27N3O4. The minimum Gasteiger partial charge on any atom is -0.481 e. The molecule has 1 saturated carbocycles. The van der Waals surface area contributed by atoms with Crippen LogP contribution < -0.4 is 10.1 Å². The number of pyridine rings is 1. The Hall–Kier alpha value is -2.15. The highest BCUT2D eigenvalue weighted by molar-refractivity contribution is 5.85. The molecule has 0 aromatic carbocycles. The largest absolute Gasteiger partial charge is 0.481 e. The predicted octanol–water partition coefficient (Wildman–Crippen LogP) is 1.42. The molecule has 142 valence electrons. The van der Waals surface area contributed by atoms with Crippen LogP contribution in [0.1, 0.15) is 50.1 Å². The second-order valence-corrected chi connectivity index (χ2v) is 7.19. The van der Waals surface area contributed by atoms with Gasteiger partial charge < -0.3 is 20.1 Å². The minimum atomic E-state index is -0.308. The van der Waals surface area contributed by atoms with Gasteiger partial charge in [-0.2, -0.15) is 0 Å². The van der Waals surface area contributed by atoms with Crippen molar-refractivity contribution in [1.82, 2.24) is 15.2 Å². The summed E-state index contributed by atoms with van der Waals surface area (Å²) < 4.78 is 5.09. The SMILES string of the molecule is COc1ccc([C@H](NC(=O)CN2CCCCCC2=O)C2CC(O)C2)cn1. The van der Waals surface area contributed by atoms with Crippen LogP contribution >= 0.6 is 0 Å². The summed E-state index contributed by atoms with van der Waals surface area (Å²) in [6.07, 6.45) is 6.09. The van der Waals surface area contributed by atoms with Crippen LogP contribution in [0, 0.1) is 5.92 Å². The fraction of sp³-hybridized carbons (Fsp3) is 0.632. The van der Waals surface area contributed by atoms with Gasteiger partial charge in [-0.15, -0.1) is 0 Å². The maximum Gasteiger partial charge on any atom is 0.240 e. The normalized spacial score (nSPS) is 24.4. The summed E-state index contributed by atoms with van der Waals surface area (Å²) >= 11 is 0. The van der Waals surface area contributed by atoms with Crippen molar-refractivity contribution >= 4 is 11.8 Å². The molecule has 1 aromatic heterocycles. The van der Waals surface area contributed by atoms with E-state index in [1.54, 1.807) is 24.3 Å². The molecule has 1 aromatic rings. The molecular weight excluding hydrogens is 334 g/mol. The number of nitrogens with one attached hydrogen (secondary N) is 1. The molecule has 2 aliphatic rings. The summed E-state index contributed by atoms with van der Waals surface area (Å²) in [5, 5.41) is 12.7. The number of aliphatic hydroxyl groups excluding tert-OH is 1. The van der Waals surface area contributed by atoms with Crippen LogP contribution in [0.4, 0.5) is 0 Å². The number of rotatable bonds is 6. The van der Waals surface area contributed by atoms with Crippen LogP contribution in [0.3, 0.4) is 0 Å². The van der Waals surface area contributed by atoms with Gasteiger partial charge in [0.1, 0.15) is 0 Å². The first-order valence-electron chi connectivity index (χ1n) is 9.32. The number of amides is 2. The van der Waals surface area contributed by atoms with E-state index in [4.69, 9.17) is 4.74 Å². The Morgan fingerprint density at radius 1 is 1.38 bits per heavy atom. The topological polar surface area (TPSA) is 91.8 Å². The van der Waals surface area contributed by atoms with Crippen molar-refractivity contribution < 1.29 is 19.4 Å². The van der Waals surface area contributed by atoms with Crippen LogP contribution in [0.2, 0.25) is 0 Å². The van der Waals surface area contributed by atoms with E-state index in [2.05, 4.69) is 10.3 Å². The number of hydrogen-bond donors (Lipinski definition) is 2. The Labute approximate surface area is 153 Å². The van der Waals surface area contributed by atoms with Crippen LogP contribution in [-0.4, -0.2) is 53.1 Å². The Morgan fingerprint density at radius 2 is 2.19 bits per heavy atom. The monoisotopic (exact) mass is 361 g/mol. The maximum atomic E-state index is 12.6. The van der Waals surface area contributed by atoms with E-state index in [1.165, 1.54) is 0 Å². The Kier molecular flexibility index (Phi) is 6.08. The quantitative estimate of drug-likeness (QED) is 0.800. The number of carbonyl (C=O) groups excluding carboxylic acids is 2. The van der Waals surface area contributed by atoms with Gasteiger partial charge >= 0.3 is 0 Å². The van der Waals surface area contributed by atoms with Crippen molar-refractivity contribution in [1.29, 1.82) is 0 Å². The molecule has 7 nitrogen and oxygen atoms in total. The van der Waals surface area contributed by atoms with Crippen molar-refractivity contribution in [3.8, 4) is 5.88 Å². The fourth-order valence-electron chi connectivity index (χ4n) is 3.67. The summed E-state index contributed by atoms with van der Waals surface area (Å²) in [7, 11) is 1.56. The molecule has 3 rings (SSSR count). The summed E-state index contributed by atoms with van der Waals surface area (Å²) in [6, 6.07) is 3.44. The zero-order valence-electron chi connectivity index (χ0n) is 15.2. The van der Waals surface area contributed by atoms with E-state index >= 15 is 0 Å². The number of carbonyl (C=O) groups is 2. The number of nitrogens with zero attached hydrogens (tertiary/aromatic N) is 2. The van der Waals surface area contributed by atoms with Crippen molar-refractivity contribution in [2.45, 2.75) is 50.7 Å². The first-order chi connectivity index (χ1) is 12.6. The summed E-state index contributed by atoms with van der Waals surface area (Å²) in [4.78, 5) is 30.6. The molecule has 1 atom stereocenters. The smallest absolute Gasteiger partial charge is 0.240 e. The zero-order valence-corrected chi connectivity index (χ0v) is 15.2. The number of likely N-dealkylation sites (tertiary alicyclic amines) is 1. The van der Waals surface area contributed by atoms with Gasteiger partial charge in [-0.25, -0.2) is 4.98 Å². The first kappa shape index (κ1) is 18.6. The number of aromatic nitrogens is 1. The predicted molar refractivity (Wildman–Crippen MR) is 95.5 cm³/mol. The molecule has 7 heteroatoms. The molecule has 26 heavy (non-hydrogen) atoms. The first-order valence-corrected chi connectivity index (χ1v) is 9.32. The van der Waals surface area contributed by atoms with Crippen molar-refractivity contribution in [3.05, 3.63) is 23.9 Å². The molecule has 0 spiro atoms. The Morgan fingerprint density at radius 3 is 2.85 bits per heavy atom. The molecule has 2 N–H and O–H groups in total. The van der Waals surface area contributed by atoms with E-state index in [1.807, 2.05) is 6.07 Å². The number of ether oxygens (including phenoxy) is 1. The lowest BCUT2D eigenvalue weighted by Crippen LogP contribution is -2.46. The third kappa shape index (κ3) is 4.52. The van der Waals surface area contributed by atoms with Gasteiger partial charge in [0, 0.05) is 25.2 Å². The average Bonchev–Trinajstić information content (AvgIpc) is 2.82. The summed E-state index contributed by atoms with van der Waals surface area (Å²) in [5.41, 5.74) is 0.887. The lowest BCUT2D eigenvalue weighted by molar-refractivity contribution is -0.136. The lowest BCUT2D eigenvalue weighted by atomic mass is 9.75. The molecule has 2 fully saturated rings. The third-order valence-electron chi connectivity index (χ3n) is 5.27. The lowest BCUT2D eigenvalue weighted by Gasteiger charge is -2.38. The highest BCUT2D eigenvalue weighted by Crippen LogP contribution is 2.38. The number of hydrogen-bond acceptors (Lipinski definition) is 5. The van der Waals surface area contributed by atoms with Gasteiger partial charge in [-0.1, -0.05) is 12.5 Å². The molecule has 1 saturated heterocycles. The highest BCUT2D eigenvalue weighted by Gasteiger charge is 2.36. The van der Waals surface area contributed by atoms with Gasteiger partial charge in [-0.3, -0.25) is 9.59 Å². The van der Waals surface area contributed by atoms with E-state index < -0.39 is 0 Å². The van der Waals surface area contributed by atoms with Crippen LogP contribution in [-0.2, 0) is 9.59 Å². The minimum absolute atomic E-state index is 0.0550. The molecule has 2 heterocycles. The average molecular weight is 361 g/mol. The molecule has 0 radical (unpaired) electrons. The zero-order chi connectivity index (χ0) is 18.5. The van der Waals surface area contributed by atoms with Crippen LogP contribution in [0.5, 0.6) is 5.88 Å². The van der Waals surface area contributed by atoms with Crippen LogP contribution in [0.25, 0.3) is 0 Å². The molecule has 0 bridgehead atoms. The summed E-state index contributed by atoms with van der Waals surface area (Å²) in [5.74, 6) is 0.577. The van der Waals surface area contributed by atoms with Gasteiger partial charge in [0.2, 0.25) is 17.7 Å². The van der Waals surface area contributed by atoms with E-state index in [9.17, 15) is 14.7 Å². The van der Waals surface area contributed by atoms with Crippen molar-refractivity contribution in [2.75, 3.05) is 20.2 Å². The van der Waals surface area contributed by atoms with Crippen molar-refractivity contribution in [2.24, 2.45) is 5.92 Å². The van der Waals surface area contributed by atoms with Crippen LogP contribution in [0.15, 0.2) is 18.3 Å². The van der Waals surface area contributed by atoms with Crippen molar-refractivity contribution in [3.63, 3.8) is 0 Å². The standard InChI is InChI=1S/C19H27N3O4/c1-26-17-7-6-13(11-20-17)19(14-9-15(23)10-14)21-16(24)12-22-8-4-2-3-5-18(22)25/h6-7,11,14-15,19,23H,2-5,8-10,12H2,1H3,(H,21,24)/t14?,15?,19-/m0/s1. The molecule has 0 unspecified atom stereocenters. The van der Waals surface area contributed by atoms with Gasteiger partial charge in [-0.05, 0) is 37.2 Å². The Balaban J connectivity index is 1.66. The summed E-state index contributed by atoms with van der Waals surface area (Å²) in [6.45, 7) is 0.733. The second-order valence-electron chi connectivity index (χ2n) is 7.19. The second kappa shape index (κ2) is 8.49. The number of methoxy groups -OCH3 is 1. The highest BCUT2D eigenvalue weighted by atomic mass is 16.5. The molecule has 2 amide bonds. The maximum absolute atomic E-state index is 12.6. The molecule has 1 aliphatic heterocycles. The Bertz CT molecular complexity index is 628. The third-order valence-corrected chi connectivity index (χ3v) is 5.27. The number of aliphatic hydroxyl groups is 1. The van der Waals surface area contributed by atoms with E-state index in [-0.39, 0.29) is 36.4 Å². The van der Waals surface area contributed by atoms with Gasteiger partial charge in [0.25, 0.3) is 0 Å².